The molecule has 0 bridgehead atoms. The van der Waals surface area contributed by atoms with Crippen molar-refractivity contribution < 1.29 is 12.8 Å². The molecule has 1 atom stereocenters. The van der Waals surface area contributed by atoms with E-state index in [1.54, 1.807) is 12.3 Å². The van der Waals surface area contributed by atoms with Gasteiger partial charge in [0.05, 0.1) is 35.5 Å². The van der Waals surface area contributed by atoms with Crippen LogP contribution in [0, 0.1) is 16.7 Å². The fourth-order valence-electron chi connectivity index (χ4n) is 1.97. The monoisotopic (exact) mass is 225 g/mol. The predicted octanol–water partition coefficient (Wildman–Crippen LogP) is 1.15. The van der Waals surface area contributed by atoms with E-state index in [1.807, 2.05) is 0 Å². The molecule has 2 heterocycles. The van der Waals surface area contributed by atoms with Crippen LogP contribution >= 0.6 is 0 Å². The van der Waals surface area contributed by atoms with Crippen LogP contribution in [-0.4, -0.2) is 19.9 Å². The standard InChI is InChI=1S/C10H11NO3S/c11-7-10(2-4-15(12,13)8-10)5-9-1-3-14-6-9/h1,3,6H,2,4-5,8H2. The molecule has 5 heteroatoms. The van der Waals surface area contributed by atoms with Gasteiger partial charge in [0.1, 0.15) is 0 Å². The molecular formula is C10H11NO3S. The van der Waals surface area contributed by atoms with Gasteiger partial charge in [0.25, 0.3) is 0 Å². The maximum atomic E-state index is 11.4. The average molecular weight is 225 g/mol. The number of nitrogens with zero attached hydrogens (tertiary/aromatic N) is 1. The van der Waals surface area contributed by atoms with Crippen molar-refractivity contribution in [1.82, 2.24) is 0 Å². The van der Waals surface area contributed by atoms with Crippen LogP contribution in [0.3, 0.4) is 0 Å². The second kappa shape index (κ2) is 3.38. The van der Waals surface area contributed by atoms with Gasteiger partial charge in [-0.1, -0.05) is 0 Å². The lowest BCUT2D eigenvalue weighted by Gasteiger charge is -2.16. The van der Waals surface area contributed by atoms with Gasteiger partial charge in [-0.25, -0.2) is 8.42 Å². The Morgan fingerprint density at radius 3 is 2.87 bits per heavy atom. The van der Waals surface area contributed by atoms with Gasteiger partial charge in [-0.15, -0.1) is 0 Å². The van der Waals surface area contributed by atoms with Crippen LogP contribution in [0.5, 0.6) is 0 Å². The van der Waals surface area contributed by atoms with Crippen LogP contribution in [0.2, 0.25) is 0 Å². The van der Waals surface area contributed by atoms with Crippen LogP contribution in [0.25, 0.3) is 0 Å². The van der Waals surface area contributed by atoms with Crippen LogP contribution in [-0.2, 0) is 16.3 Å². The fraction of sp³-hybridized carbons (Fsp3) is 0.500. The number of hydrogen-bond donors (Lipinski definition) is 0. The first-order chi connectivity index (χ1) is 7.05. The van der Waals surface area contributed by atoms with Gasteiger partial charge < -0.3 is 4.42 Å². The summed E-state index contributed by atoms with van der Waals surface area (Å²) in [7, 11) is -3.02. The minimum Gasteiger partial charge on any atom is -0.472 e. The van der Waals surface area contributed by atoms with E-state index < -0.39 is 15.3 Å². The largest absolute Gasteiger partial charge is 0.472 e. The van der Waals surface area contributed by atoms with Crippen LogP contribution in [0.4, 0.5) is 0 Å². The highest BCUT2D eigenvalue weighted by Crippen LogP contribution is 2.35. The number of nitriles is 1. The summed E-state index contributed by atoms with van der Waals surface area (Å²) in [5.74, 6) is 0.0973. The van der Waals surface area contributed by atoms with Crippen molar-refractivity contribution in [2.24, 2.45) is 5.41 Å². The maximum Gasteiger partial charge on any atom is 0.151 e. The summed E-state index contributed by atoms with van der Waals surface area (Å²) in [6.07, 6.45) is 3.98. The lowest BCUT2D eigenvalue weighted by atomic mass is 9.83. The molecule has 0 amide bonds. The van der Waals surface area contributed by atoms with Crippen molar-refractivity contribution in [2.75, 3.05) is 11.5 Å². The molecule has 1 fully saturated rings. The Labute approximate surface area is 88.4 Å². The van der Waals surface area contributed by atoms with Gasteiger partial charge in [0.2, 0.25) is 0 Å². The molecular weight excluding hydrogens is 214 g/mol. The summed E-state index contributed by atoms with van der Waals surface area (Å²) in [4.78, 5) is 0. The van der Waals surface area contributed by atoms with E-state index in [4.69, 9.17) is 9.68 Å². The van der Waals surface area contributed by atoms with E-state index in [0.29, 0.717) is 12.8 Å². The Hall–Kier alpha value is -1.28. The molecule has 4 nitrogen and oxygen atoms in total. The second-order valence-electron chi connectivity index (χ2n) is 4.04. The van der Waals surface area contributed by atoms with Gasteiger partial charge >= 0.3 is 0 Å². The Morgan fingerprint density at radius 1 is 1.60 bits per heavy atom. The fourth-order valence-corrected chi connectivity index (χ4v) is 3.97. The molecule has 80 valence electrons. The number of hydrogen-bond acceptors (Lipinski definition) is 4. The van der Waals surface area contributed by atoms with Crippen molar-refractivity contribution in [1.29, 1.82) is 5.26 Å². The molecule has 0 aromatic carbocycles. The SMILES string of the molecule is N#CC1(Cc2ccoc2)CCS(=O)(=O)C1. The molecule has 0 saturated carbocycles. The first-order valence-corrected chi connectivity index (χ1v) is 6.50. The molecule has 0 N–H and O–H groups in total. The smallest absolute Gasteiger partial charge is 0.151 e. The summed E-state index contributed by atoms with van der Waals surface area (Å²) >= 11 is 0. The van der Waals surface area contributed by atoms with Crippen molar-refractivity contribution in [3.8, 4) is 6.07 Å². The van der Waals surface area contributed by atoms with E-state index in [9.17, 15) is 8.42 Å². The lowest BCUT2D eigenvalue weighted by Crippen LogP contribution is -2.22. The minimum atomic E-state index is -3.02. The average Bonchev–Trinajstić information content (AvgIpc) is 2.75. The van der Waals surface area contributed by atoms with Gasteiger partial charge in [0, 0.05) is 0 Å². The summed E-state index contributed by atoms with van der Waals surface area (Å²) in [6, 6.07) is 3.92. The lowest BCUT2D eigenvalue weighted by molar-refractivity contribution is 0.447. The highest BCUT2D eigenvalue weighted by Gasteiger charge is 2.42. The maximum absolute atomic E-state index is 11.4. The molecule has 15 heavy (non-hydrogen) atoms. The van der Waals surface area contributed by atoms with Crippen molar-refractivity contribution >= 4 is 9.84 Å². The van der Waals surface area contributed by atoms with E-state index in [0.717, 1.165) is 5.56 Å². The number of sulfone groups is 1. The zero-order valence-corrected chi connectivity index (χ0v) is 8.96. The number of furan rings is 1. The topological polar surface area (TPSA) is 71.1 Å². The Morgan fingerprint density at radius 2 is 2.40 bits per heavy atom. The zero-order chi connectivity index (χ0) is 10.9. The molecule has 1 aliphatic rings. The van der Waals surface area contributed by atoms with E-state index in [-0.39, 0.29) is 11.5 Å². The molecule has 1 aromatic heterocycles. The van der Waals surface area contributed by atoms with Crippen molar-refractivity contribution in [3.63, 3.8) is 0 Å². The first kappa shape index (κ1) is 10.2. The summed E-state index contributed by atoms with van der Waals surface area (Å²) < 4.78 is 27.6. The molecule has 0 radical (unpaired) electrons. The molecule has 1 aliphatic heterocycles. The van der Waals surface area contributed by atoms with Gasteiger partial charge in [-0.2, -0.15) is 5.26 Å². The van der Waals surface area contributed by atoms with Crippen molar-refractivity contribution in [3.05, 3.63) is 24.2 Å². The second-order valence-corrected chi connectivity index (χ2v) is 6.23. The summed E-state index contributed by atoms with van der Waals surface area (Å²) in [5.41, 5.74) is 0.136. The third-order valence-corrected chi connectivity index (χ3v) is 4.57. The minimum absolute atomic E-state index is 0.0261. The summed E-state index contributed by atoms with van der Waals surface area (Å²) in [5, 5.41) is 9.10. The third-order valence-electron chi connectivity index (χ3n) is 2.75. The third kappa shape index (κ3) is 2.05. The highest BCUT2D eigenvalue weighted by atomic mass is 32.2. The van der Waals surface area contributed by atoms with Crippen LogP contribution in [0.15, 0.2) is 23.0 Å². The molecule has 1 aromatic rings. The zero-order valence-electron chi connectivity index (χ0n) is 8.14. The molecule has 1 unspecified atom stereocenters. The van der Waals surface area contributed by atoms with Gasteiger partial charge in [0.15, 0.2) is 9.84 Å². The van der Waals surface area contributed by atoms with Crippen LogP contribution in [0.1, 0.15) is 12.0 Å². The summed E-state index contributed by atoms with van der Waals surface area (Å²) in [6.45, 7) is 0. The van der Waals surface area contributed by atoms with Gasteiger partial charge in [-0.05, 0) is 24.5 Å². The molecule has 0 spiro atoms. The van der Waals surface area contributed by atoms with E-state index in [1.165, 1.54) is 6.26 Å². The first-order valence-electron chi connectivity index (χ1n) is 4.68. The normalized spacial score (nSPS) is 28.7. The Bertz CT molecular complexity index is 483. The van der Waals surface area contributed by atoms with Crippen molar-refractivity contribution in [2.45, 2.75) is 12.8 Å². The molecule has 0 aliphatic carbocycles. The molecule has 1 saturated heterocycles. The quantitative estimate of drug-likeness (QED) is 0.757. The highest BCUT2D eigenvalue weighted by molar-refractivity contribution is 7.91. The Kier molecular flexibility index (Phi) is 2.31. The Balaban J connectivity index is 2.22. The number of rotatable bonds is 2. The van der Waals surface area contributed by atoms with E-state index in [2.05, 4.69) is 6.07 Å². The predicted molar refractivity (Wildman–Crippen MR) is 53.7 cm³/mol. The van der Waals surface area contributed by atoms with Gasteiger partial charge in [-0.3, -0.25) is 0 Å². The van der Waals surface area contributed by atoms with Crippen LogP contribution < -0.4 is 0 Å². The molecule has 2 rings (SSSR count). The van der Waals surface area contributed by atoms with E-state index >= 15 is 0 Å².